The Bertz CT molecular complexity index is 1780. The Labute approximate surface area is 308 Å². The molecule has 0 amide bonds. The van der Waals surface area contributed by atoms with Gasteiger partial charge >= 0.3 is 61.5 Å². The Balaban J connectivity index is 0.000000390. The van der Waals surface area contributed by atoms with Crippen molar-refractivity contribution in [2.24, 2.45) is 0 Å². The molecule has 0 saturated heterocycles. The second-order valence-corrected chi connectivity index (χ2v) is 25.6. The first-order valence-electron chi connectivity index (χ1n) is 14.1. The van der Waals surface area contributed by atoms with E-state index in [9.17, 15) is 51.7 Å². The Kier molecular flexibility index (Phi) is 18.7. The van der Waals surface area contributed by atoms with Crippen LogP contribution in [0.5, 0.6) is 0 Å². The van der Waals surface area contributed by atoms with Gasteiger partial charge in [-0.05, 0) is 49.2 Å². The fourth-order valence-corrected chi connectivity index (χ4v) is 4.36. The normalized spacial score (nSPS) is 12.1. The summed E-state index contributed by atoms with van der Waals surface area (Å²) in [5, 5.41) is 28.4. The third-order valence-corrected chi connectivity index (χ3v) is 6.31. The molecule has 0 aliphatic heterocycles. The molecule has 0 saturated carbocycles. The number of Topliss-reactive ketones (excluding diaryl/α,β-unsaturated/α-hetero) is 3. The minimum atomic E-state index is -3.11. The van der Waals surface area contributed by atoms with E-state index in [-0.39, 0.29) is 11.3 Å². The number of halogens is 8. The molecule has 3 N–H and O–H groups in total. The van der Waals surface area contributed by atoms with Gasteiger partial charge in [-0.3, -0.25) is 14.4 Å². The van der Waals surface area contributed by atoms with Gasteiger partial charge in [0.25, 0.3) is 5.78 Å². The average molecular weight is 830 g/mol. The van der Waals surface area contributed by atoms with Crippen LogP contribution >= 0.6 is 37.2 Å². The number of carbonyl (C=O) groups is 5. The van der Waals surface area contributed by atoms with Crippen molar-refractivity contribution >= 4 is 66.5 Å². The van der Waals surface area contributed by atoms with Crippen molar-refractivity contribution in [3.05, 3.63) is 143 Å². The molecule has 0 bridgehead atoms. The molecule has 17 heteroatoms. The van der Waals surface area contributed by atoms with Crippen molar-refractivity contribution < 1.29 is 69.2 Å². The molecule has 0 aromatic heterocycles. The van der Waals surface area contributed by atoms with Gasteiger partial charge in [-0.25, -0.2) is 27.2 Å². The number of aliphatic carboxylic acids is 2. The van der Waals surface area contributed by atoms with Gasteiger partial charge in [-0.1, -0.05) is 72.8 Å². The number of carboxylic acid groups (broad SMARTS) is 2. The van der Waals surface area contributed by atoms with Crippen LogP contribution in [0.15, 0.2) is 97.1 Å². The fraction of sp³-hybridized carbons (Fsp3) is 0.147. The van der Waals surface area contributed by atoms with Crippen LogP contribution in [0.2, 0.25) is 0 Å². The van der Waals surface area contributed by atoms with Crippen LogP contribution in [0.3, 0.4) is 0 Å². The number of rotatable bonds is 9. The molecule has 4 rings (SSSR count). The van der Waals surface area contributed by atoms with Gasteiger partial charge in [0.15, 0.2) is 0 Å². The van der Waals surface area contributed by atoms with Crippen LogP contribution in [0, 0.1) is 23.3 Å². The fourth-order valence-electron chi connectivity index (χ4n) is 4.36. The number of carbonyl (C=O) groups excluding carboxylic acids is 3. The molecular weight excluding hydrogens is 802 g/mol. The van der Waals surface area contributed by atoms with E-state index in [2.05, 4.69) is 0 Å². The molecule has 51 heavy (non-hydrogen) atoms. The van der Waals surface area contributed by atoms with Gasteiger partial charge in [0.2, 0.25) is 5.60 Å². The van der Waals surface area contributed by atoms with E-state index in [1.165, 1.54) is 24.3 Å². The SMILES string of the molecule is CC(=O)C(c1ccccc1)C(O)(C(=O)O)c1c(F)cccc1F.CC(=O)Cc1ccccc1.O=C(O)C(=O)c1c(F)cccc1F.[Cl][Ti]([Cl])([Cl])[Cl]. The number of hydrogen-bond acceptors (Lipinski definition) is 6. The molecule has 0 heterocycles. The van der Waals surface area contributed by atoms with E-state index >= 15 is 0 Å². The summed E-state index contributed by atoms with van der Waals surface area (Å²) in [5.41, 5.74) is -3.92. The Morgan fingerprint density at radius 2 is 1.06 bits per heavy atom. The summed E-state index contributed by atoms with van der Waals surface area (Å²) in [6.45, 7) is 2.66. The number of benzene rings is 4. The standard InChI is InChI=1S/C17H14F2O4.C9H10O.C8H4F2O3.4ClH.Ti/c1-10(20)14(11-6-3-2-4-7-11)17(23,16(21)22)15-12(18)8-5-9-13(15)19;1-8(10)7-9-5-3-2-4-6-9;9-4-2-1-3-5(10)6(4)7(11)8(12)13;;;;;/h2-9,14,23H,1H3,(H,21,22);2-6H,7H2,1H3;1-3H,(H,12,13);4*1H;/q;;;;;;;+4/p-4. The van der Waals surface area contributed by atoms with E-state index in [0.717, 1.165) is 48.9 Å². The van der Waals surface area contributed by atoms with E-state index in [0.29, 0.717) is 6.42 Å². The average Bonchev–Trinajstić information content (AvgIpc) is 3.01. The van der Waals surface area contributed by atoms with E-state index in [4.69, 9.17) is 42.3 Å². The number of aliphatic hydroxyl groups is 1. The minimum absolute atomic E-state index is 0.146. The van der Waals surface area contributed by atoms with Crippen molar-refractivity contribution in [1.29, 1.82) is 0 Å². The van der Waals surface area contributed by atoms with Crippen LogP contribution in [0.1, 0.15) is 46.8 Å². The summed E-state index contributed by atoms with van der Waals surface area (Å²) >= 11 is -3.11. The summed E-state index contributed by atoms with van der Waals surface area (Å²) in [5.74, 6) is -12.4. The molecule has 2 atom stereocenters. The summed E-state index contributed by atoms with van der Waals surface area (Å²) in [4.78, 5) is 55.2. The van der Waals surface area contributed by atoms with E-state index in [1.54, 1.807) is 13.0 Å². The summed E-state index contributed by atoms with van der Waals surface area (Å²) in [6.07, 6.45) is 0.556. The maximum atomic E-state index is 14.1. The Morgan fingerprint density at radius 1 is 0.667 bits per heavy atom. The van der Waals surface area contributed by atoms with Crippen molar-refractivity contribution in [1.82, 2.24) is 0 Å². The van der Waals surface area contributed by atoms with Gasteiger partial charge in [0.1, 0.15) is 40.4 Å². The molecule has 0 aliphatic rings. The molecular formula is C34H28Cl4F4O8Ti. The third kappa shape index (κ3) is 14.9. The second kappa shape index (κ2) is 21.0. The van der Waals surface area contributed by atoms with Crippen molar-refractivity contribution in [3.8, 4) is 0 Å². The zero-order valence-electron chi connectivity index (χ0n) is 26.4. The summed E-state index contributed by atoms with van der Waals surface area (Å²) in [6, 6.07) is 22.7. The first-order valence-corrected chi connectivity index (χ1v) is 22.7. The van der Waals surface area contributed by atoms with Gasteiger partial charge < -0.3 is 15.3 Å². The first-order chi connectivity index (χ1) is 23.6. The Hall–Kier alpha value is -3.62. The van der Waals surface area contributed by atoms with Crippen LogP contribution < -0.4 is 0 Å². The number of hydrogen-bond donors (Lipinski definition) is 3. The van der Waals surface area contributed by atoms with Crippen LogP contribution in [0.25, 0.3) is 0 Å². The van der Waals surface area contributed by atoms with Crippen molar-refractivity contribution in [3.63, 3.8) is 0 Å². The summed E-state index contributed by atoms with van der Waals surface area (Å²) in [7, 11) is 20.1. The van der Waals surface area contributed by atoms with Gasteiger partial charge in [-0.2, -0.15) is 0 Å². The summed E-state index contributed by atoms with van der Waals surface area (Å²) < 4.78 is 53.6. The van der Waals surface area contributed by atoms with Gasteiger partial charge in [-0.15, -0.1) is 0 Å². The predicted molar refractivity (Wildman–Crippen MR) is 180 cm³/mol. The molecule has 0 radical (unpaired) electrons. The van der Waals surface area contributed by atoms with E-state index in [1.807, 2.05) is 30.3 Å². The monoisotopic (exact) mass is 828 g/mol. The van der Waals surface area contributed by atoms with Crippen LogP contribution in [-0.4, -0.2) is 44.6 Å². The quantitative estimate of drug-likeness (QED) is 0.0660. The zero-order chi connectivity index (χ0) is 39.1. The van der Waals surface area contributed by atoms with Gasteiger partial charge in [0.05, 0.1) is 11.5 Å². The van der Waals surface area contributed by atoms with Crippen molar-refractivity contribution in [2.45, 2.75) is 31.8 Å². The molecule has 0 fully saturated rings. The topological polar surface area (TPSA) is 146 Å². The number of ketones is 3. The zero-order valence-corrected chi connectivity index (χ0v) is 31.0. The van der Waals surface area contributed by atoms with E-state index < -0.39 is 81.8 Å². The first kappa shape index (κ1) is 45.4. The van der Waals surface area contributed by atoms with Crippen LogP contribution in [0.4, 0.5) is 17.6 Å². The maximum absolute atomic E-state index is 14.1. The van der Waals surface area contributed by atoms with Crippen molar-refractivity contribution in [2.75, 3.05) is 0 Å². The predicted octanol–water partition coefficient (Wildman–Crippen LogP) is 8.42. The van der Waals surface area contributed by atoms with Crippen LogP contribution in [-0.2, 0) is 43.5 Å². The molecule has 0 aliphatic carbocycles. The second-order valence-electron chi connectivity index (χ2n) is 10.1. The molecule has 8 nitrogen and oxygen atoms in total. The molecule has 4 aromatic rings. The number of carboxylic acids is 2. The molecule has 272 valence electrons. The molecule has 4 aromatic carbocycles. The molecule has 2 unspecified atom stereocenters. The third-order valence-electron chi connectivity index (χ3n) is 6.31. The van der Waals surface area contributed by atoms with Gasteiger partial charge in [0, 0.05) is 6.42 Å². The Morgan fingerprint density at radius 3 is 1.41 bits per heavy atom. The molecule has 0 spiro atoms.